The van der Waals surface area contributed by atoms with Crippen LogP contribution < -0.4 is 4.89 Å². The van der Waals surface area contributed by atoms with E-state index in [1.807, 2.05) is 55.5 Å². The lowest BCUT2D eigenvalue weighted by molar-refractivity contribution is -0.211. The average molecular weight is 480 g/mol. The quantitative estimate of drug-likeness (QED) is 0.202. The molecule has 0 spiro atoms. The Bertz CT molecular complexity index is 1320. The molecular formula is C31H29NO4. The van der Waals surface area contributed by atoms with Crippen LogP contribution in [0.1, 0.15) is 43.2 Å². The van der Waals surface area contributed by atoms with Gasteiger partial charge in [0.2, 0.25) is 5.89 Å². The lowest BCUT2D eigenvalue weighted by atomic mass is 9.82. The van der Waals surface area contributed by atoms with Crippen molar-refractivity contribution in [3.8, 4) is 28.3 Å². The molecule has 1 atom stereocenters. The summed E-state index contributed by atoms with van der Waals surface area (Å²) in [7, 11) is 0. The van der Waals surface area contributed by atoms with Gasteiger partial charge in [-0.15, -0.1) is 0 Å². The fraction of sp³-hybridized carbons (Fsp3) is 0.226. The van der Waals surface area contributed by atoms with Crippen molar-refractivity contribution in [3.05, 3.63) is 102 Å². The summed E-state index contributed by atoms with van der Waals surface area (Å²) in [6.07, 6.45) is 6.26. The molecule has 5 nitrogen and oxygen atoms in total. The number of hydrogen-bond acceptors (Lipinski definition) is 5. The molecule has 182 valence electrons. The SMILES string of the molecule is CC(=O)OOc1cccc(CC2CCCC=C2c2nc(-c3ccccc3)c(-c3ccccc3)o2)c1C. The molecule has 1 aliphatic rings. The zero-order chi connectivity index (χ0) is 24.9. The van der Waals surface area contributed by atoms with Gasteiger partial charge in [0.05, 0.1) is 0 Å². The molecule has 1 heterocycles. The van der Waals surface area contributed by atoms with Crippen LogP contribution in [0.5, 0.6) is 5.75 Å². The summed E-state index contributed by atoms with van der Waals surface area (Å²) >= 11 is 0. The highest BCUT2D eigenvalue weighted by atomic mass is 17.2. The second-order valence-corrected chi connectivity index (χ2v) is 9.12. The van der Waals surface area contributed by atoms with E-state index in [0.717, 1.165) is 65.0 Å². The summed E-state index contributed by atoms with van der Waals surface area (Å²) in [5.41, 5.74) is 6.16. The third kappa shape index (κ3) is 5.10. The van der Waals surface area contributed by atoms with Gasteiger partial charge in [-0.2, -0.15) is 0 Å². The summed E-state index contributed by atoms with van der Waals surface area (Å²) in [4.78, 5) is 26.3. The van der Waals surface area contributed by atoms with Crippen molar-refractivity contribution in [2.75, 3.05) is 0 Å². The predicted molar refractivity (Wildman–Crippen MR) is 140 cm³/mol. The van der Waals surface area contributed by atoms with E-state index in [1.54, 1.807) is 0 Å². The molecule has 0 N–H and O–H groups in total. The first kappa shape index (κ1) is 23.6. The number of allylic oxidation sites excluding steroid dienone is 2. The van der Waals surface area contributed by atoms with Crippen LogP contribution in [-0.4, -0.2) is 11.0 Å². The standard InChI is InChI=1S/C31H29NO4/c1-21-25(17-11-19-28(21)36-35-22(2)33)20-26-16-9-10-18-27(26)31-32-29(23-12-5-3-6-13-23)30(34-31)24-14-7-4-8-15-24/h3-8,11-15,17-19,26H,9-10,16,20H2,1-2H3. The summed E-state index contributed by atoms with van der Waals surface area (Å²) in [5.74, 6) is 1.80. The van der Waals surface area contributed by atoms with E-state index < -0.39 is 5.97 Å². The second-order valence-electron chi connectivity index (χ2n) is 9.12. The second kappa shape index (κ2) is 10.6. The highest BCUT2D eigenvalue weighted by Gasteiger charge is 2.27. The molecule has 1 aliphatic carbocycles. The van der Waals surface area contributed by atoms with Gasteiger partial charge in [0, 0.05) is 23.6 Å². The summed E-state index contributed by atoms with van der Waals surface area (Å²) in [6, 6.07) is 26.2. The molecule has 5 rings (SSSR count). The molecule has 5 heteroatoms. The van der Waals surface area contributed by atoms with E-state index in [0.29, 0.717) is 11.6 Å². The van der Waals surface area contributed by atoms with Crippen molar-refractivity contribution in [2.45, 2.75) is 39.5 Å². The average Bonchev–Trinajstić information content (AvgIpc) is 3.36. The Hall–Kier alpha value is -4.12. The van der Waals surface area contributed by atoms with E-state index >= 15 is 0 Å². The lowest BCUT2D eigenvalue weighted by Gasteiger charge is -2.23. The molecule has 1 aromatic heterocycles. The largest absolute Gasteiger partial charge is 0.436 e. The Morgan fingerprint density at radius 2 is 1.69 bits per heavy atom. The van der Waals surface area contributed by atoms with Gasteiger partial charge in [-0.25, -0.2) is 9.78 Å². The van der Waals surface area contributed by atoms with Gasteiger partial charge in [-0.3, -0.25) is 9.78 Å². The van der Waals surface area contributed by atoms with Crippen LogP contribution in [0.3, 0.4) is 0 Å². The molecule has 0 saturated carbocycles. The molecule has 36 heavy (non-hydrogen) atoms. The highest BCUT2D eigenvalue weighted by Crippen LogP contribution is 2.40. The minimum absolute atomic E-state index is 0.257. The molecule has 0 bridgehead atoms. The smallest absolute Gasteiger partial charge is 0.352 e. The molecule has 0 saturated heterocycles. The fourth-order valence-corrected chi connectivity index (χ4v) is 4.78. The predicted octanol–water partition coefficient (Wildman–Crippen LogP) is 7.60. The first-order valence-corrected chi connectivity index (χ1v) is 12.4. The van der Waals surface area contributed by atoms with Crippen LogP contribution >= 0.6 is 0 Å². The van der Waals surface area contributed by atoms with Crippen molar-refractivity contribution in [1.29, 1.82) is 0 Å². The topological polar surface area (TPSA) is 61.6 Å². The van der Waals surface area contributed by atoms with Crippen molar-refractivity contribution >= 4 is 11.5 Å². The first-order valence-electron chi connectivity index (χ1n) is 12.4. The number of carbonyl (C=O) groups excluding carboxylic acids is 1. The van der Waals surface area contributed by atoms with Crippen molar-refractivity contribution in [2.24, 2.45) is 5.92 Å². The normalized spacial score (nSPS) is 15.3. The minimum Gasteiger partial charge on any atom is -0.436 e. The van der Waals surface area contributed by atoms with Crippen LogP contribution in [0.4, 0.5) is 0 Å². The van der Waals surface area contributed by atoms with Crippen LogP contribution in [-0.2, 0) is 16.1 Å². The van der Waals surface area contributed by atoms with Gasteiger partial charge in [-0.1, -0.05) is 78.9 Å². The third-order valence-electron chi connectivity index (χ3n) is 6.63. The van der Waals surface area contributed by atoms with E-state index in [2.05, 4.69) is 36.4 Å². The summed E-state index contributed by atoms with van der Waals surface area (Å²) in [6.45, 7) is 3.31. The van der Waals surface area contributed by atoms with Crippen molar-refractivity contribution in [3.63, 3.8) is 0 Å². The molecule has 0 fully saturated rings. The van der Waals surface area contributed by atoms with E-state index in [1.165, 1.54) is 6.92 Å². The maximum atomic E-state index is 11.2. The number of aromatic nitrogens is 1. The summed E-state index contributed by atoms with van der Waals surface area (Å²) in [5, 5.41) is 0. The number of carbonyl (C=O) groups is 1. The Morgan fingerprint density at radius 1 is 0.972 bits per heavy atom. The number of oxazole rings is 1. The number of nitrogens with zero attached hydrogens (tertiary/aromatic N) is 1. The van der Waals surface area contributed by atoms with Crippen molar-refractivity contribution in [1.82, 2.24) is 4.98 Å². The maximum absolute atomic E-state index is 11.2. The van der Waals surface area contributed by atoms with Gasteiger partial charge >= 0.3 is 5.97 Å². The zero-order valence-corrected chi connectivity index (χ0v) is 20.6. The highest BCUT2D eigenvalue weighted by molar-refractivity contribution is 5.79. The molecule has 0 radical (unpaired) electrons. The molecular weight excluding hydrogens is 450 g/mol. The Balaban J connectivity index is 1.49. The van der Waals surface area contributed by atoms with E-state index in [4.69, 9.17) is 19.2 Å². The Labute approximate surface area is 211 Å². The zero-order valence-electron chi connectivity index (χ0n) is 20.6. The molecule has 0 amide bonds. The maximum Gasteiger partial charge on any atom is 0.352 e. The fourth-order valence-electron chi connectivity index (χ4n) is 4.78. The van der Waals surface area contributed by atoms with Gasteiger partial charge in [0.25, 0.3) is 0 Å². The molecule has 3 aromatic carbocycles. The van der Waals surface area contributed by atoms with Gasteiger partial charge in [-0.05, 0) is 55.7 Å². The van der Waals surface area contributed by atoms with Gasteiger partial charge < -0.3 is 4.42 Å². The van der Waals surface area contributed by atoms with Crippen LogP contribution in [0.2, 0.25) is 0 Å². The van der Waals surface area contributed by atoms with Crippen molar-refractivity contribution < 1.29 is 19.0 Å². The monoisotopic (exact) mass is 479 g/mol. The van der Waals surface area contributed by atoms with Gasteiger partial charge in [0.1, 0.15) is 5.69 Å². The van der Waals surface area contributed by atoms with E-state index in [-0.39, 0.29) is 5.92 Å². The van der Waals surface area contributed by atoms with E-state index in [9.17, 15) is 4.79 Å². The molecule has 4 aromatic rings. The lowest BCUT2D eigenvalue weighted by Crippen LogP contribution is -2.13. The number of benzene rings is 3. The van der Waals surface area contributed by atoms with Crippen LogP contribution in [0.25, 0.3) is 28.2 Å². The van der Waals surface area contributed by atoms with Crippen LogP contribution in [0.15, 0.2) is 89.4 Å². The number of rotatable bonds is 7. The summed E-state index contributed by atoms with van der Waals surface area (Å²) < 4.78 is 6.52. The Morgan fingerprint density at radius 3 is 2.42 bits per heavy atom. The number of hydrogen-bond donors (Lipinski definition) is 0. The molecule has 1 unspecified atom stereocenters. The Kier molecular flexibility index (Phi) is 6.99. The van der Waals surface area contributed by atoms with Gasteiger partial charge in [0.15, 0.2) is 11.5 Å². The molecule has 0 aliphatic heterocycles. The third-order valence-corrected chi connectivity index (χ3v) is 6.63. The van der Waals surface area contributed by atoms with Crippen LogP contribution in [0, 0.1) is 12.8 Å². The first-order chi connectivity index (χ1) is 17.6. The minimum atomic E-state index is -0.482.